The normalized spacial score (nSPS) is 14.6. The van der Waals surface area contributed by atoms with Crippen molar-refractivity contribution in [3.8, 4) is 28.6 Å². The molecule has 6 rings (SSSR count). The van der Waals surface area contributed by atoms with Crippen molar-refractivity contribution < 1.29 is 17.9 Å². The lowest BCUT2D eigenvalue weighted by Gasteiger charge is -2.35. The second-order valence-electron chi connectivity index (χ2n) is 10.6. The number of benzene rings is 4. The predicted molar refractivity (Wildman–Crippen MR) is 162 cm³/mol. The van der Waals surface area contributed by atoms with E-state index in [1.165, 1.54) is 12.1 Å². The van der Waals surface area contributed by atoms with Crippen molar-refractivity contribution in [3.63, 3.8) is 0 Å². The Morgan fingerprint density at radius 2 is 1.53 bits per heavy atom. The van der Waals surface area contributed by atoms with Crippen LogP contribution in [-0.4, -0.2) is 46.9 Å². The van der Waals surface area contributed by atoms with E-state index >= 15 is 0 Å². The Kier molecular flexibility index (Phi) is 8.13. The summed E-state index contributed by atoms with van der Waals surface area (Å²) in [6.45, 7) is 5.35. The fourth-order valence-corrected chi connectivity index (χ4v) is 5.81. The predicted octanol–water partition coefficient (Wildman–Crippen LogP) is 8.04. The summed E-state index contributed by atoms with van der Waals surface area (Å²) in [6, 6.07) is 29.8. The van der Waals surface area contributed by atoms with Gasteiger partial charge in [0.05, 0.1) is 17.1 Å². The van der Waals surface area contributed by atoms with E-state index in [9.17, 15) is 18.4 Å². The minimum absolute atomic E-state index is 0.268. The number of ether oxygens (including phenoxy) is 1. The highest BCUT2D eigenvalue weighted by Gasteiger charge is 2.31. The number of hydrogen-bond donors (Lipinski definition) is 0. The highest BCUT2D eigenvalue weighted by molar-refractivity contribution is 6.31. The molecule has 4 aromatic carbocycles. The maximum absolute atomic E-state index is 12.7. The van der Waals surface area contributed by atoms with Gasteiger partial charge in [-0.3, -0.25) is 9.80 Å². The minimum atomic E-state index is -4.75. The van der Waals surface area contributed by atoms with Gasteiger partial charge in [-0.25, -0.2) is 0 Å². The molecule has 1 saturated heterocycles. The van der Waals surface area contributed by atoms with Gasteiger partial charge in [0.25, 0.3) is 0 Å². The molecule has 1 fully saturated rings. The van der Waals surface area contributed by atoms with Crippen LogP contribution in [0, 0.1) is 11.3 Å². The first kappa shape index (κ1) is 28.8. The van der Waals surface area contributed by atoms with E-state index in [0.717, 1.165) is 83.1 Å². The summed E-state index contributed by atoms with van der Waals surface area (Å²) in [5.41, 5.74) is 6.23. The van der Waals surface area contributed by atoms with Crippen molar-refractivity contribution in [1.29, 1.82) is 5.26 Å². The number of nitrogens with zero attached hydrogens (tertiary/aromatic N) is 4. The first-order valence-corrected chi connectivity index (χ1v) is 14.3. The number of piperazine rings is 1. The van der Waals surface area contributed by atoms with Crippen LogP contribution in [0.2, 0.25) is 5.02 Å². The van der Waals surface area contributed by atoms with Crippen molar-refractivity contribution >= 4 is 22.5 Å². The number of halogens is 4. The molecule has 0 aliphatic carbocycles. The van der Waals surface area contributed by atoms with Gasteiger partial charge in [0.15, 0.2) is 0 Å². The Morgan fingerprint density at radius 3 is 2.23 bits per heavy atom. The SMILES string of the molecule is N#Cc1cccc(-n2cc(-c3ccc(OC(F)(F)F)cc3)c3cc(CN4CCN(Cc5ccccc5Cl)CC4)ccc32)c1. The van der Waals surface area contributed by atoms with Gasteiger partial charge in [-0.05, 0) is 65.2 Å². The second-order valence-corrected chi connectivity index (χ2v) is 11.0. The maximum Gasteiger partial charge on any atom is 0.573 e. The molecule has 43 heavy (non-hydrogen) atoms. The van der Waals surface area contributed by atoms with Gasteiger partial charge in [-0.2, -0.15) is 5.26 Å². The lowest BCUT2D eigenvalue weighted by atomic mass is 10.0. The number of alkyl halides is 3. The molecule has 0 radical (unpaired) electrons. The molecule has 1 aromatic heterocycles. The Labute approximate surface area is 252 Å². The van der Waals surface area contributed by atoms with E-state index in [4.69, 9.17) is 11.6 Å². The summed E-state index contributed by atoms with van der Waals surface area (Å²) < 4.78 is 44.3. The van der Waals surface area contributed by atoms with Gasteiger partial charge in [0, 0.05) is 67.1 Å². The number of aromatic nitrogens is 1. The van der Waals surface area contributed by atoms with Gasteiger partial charge >= 0.3 is 6.36 Å². The smallest absolute Gasteiger partial charge is 0.406 e. The van der Waals surface area contributed by atoms with Gasteiger partial charge < -0.3 is 9.30 Å². The highest BCUT2D eigenvalue weighted by Crippen LogP contribution is 2.35. The third-order valence-corrected chi connectivity index (χ3v) is 8.11. The third-order valence-electron chi connectivity index (χ3n) is 7.74. The lowest BCUT2D eigenvalue weighted by molar-refractivity contribution is -0.274. The molecular formula is C34H28ClF3N4O. The van der Waals surface area contributed by atoms with Crippen LogP contribution in [0.5, 0.6) is 5.75 Å². The summed E-state index contributed by atoms with van der Waals surface area (Å²) in [5.74, 6) is -0.268. The standard InChI is InChI=1S/C34H28ClF3N4O/c35-32-7-2-1-5-27(32)22-41-16-14-40(15-17-41)21-25-8-13-33-30(19-25)31(23-42(33)28-6-3-4-24(18-28)20-39)26-9-11-29(12-10-26)43-34(36,37)38/h1-13,18-19,23H,14-17,21-22H2. The molecule has 0 spiro atoms. The van der Waals surface area contributed by atoms with Crippen LogP contribution in [0.15, 0.2) is 97.2 Å². The maximum atomic E-state index is 12.7. The topological polar surface area (TPSA) is 44.4 Å². The minimum Gasteiger partial charge on any atom is -0.406 e. The molecule has 218 valence electrons. The highest BCUT2D eigenvalue weighted by atomic mass is 35.5. The fourth-order valence-electron chi connectivity index (χ4n) is 5.61. The molecule has 0 unspecified atom stereocenters. The van der Waals surface area contributed by atoms with Crippen LogP contribution in [-0.2, 0) is 13.1 Å². The largest absolute Gasteiger partial charge is 0.573 e. The lowest BCUT2D eigenvalue weighted by Crippen LogP contribution is -2.45. The average Bonchev–Trinajstić information content (AvgIpc) is 3.38. The molecule has 9 heteroatoms. The summed E-state index contributed by atoms with van der Waals surface area (Å²) in [7, 11) is 0. The molecule has 1 aliphatic heterocycles. The van der Waals surface area contributed by atoms with Crippen molar-refractivity contribution in [2.75, 3.05) is 26.2 Å². The number of rotatable bonds is 7. The molecule has 2 heterocycles. The molecule has 0 atom stereocenters. The van der Waals surface area contributed by atoms with Crippen LogP contribution in [0.1, 0.15) is 16.7 Å². The zero-order valence-corrected chi connectivity index (χ0v) is 23.9. The van der Waals surface area contributed by atoms with Crippen LogP contribution in [0.3, 0.4) is 0 Å². The quantitative estimate of drug-likeness (QED) is 0.190. The molecular weight excluding hydrogens is 573 g/mol. The van der Waals surface area contributed by atoms with Gasteiger partial charge in [-0.15, -0.1) is 13.2 Å². The van der Waals surface area contributed by atoms with Crippen LogP contribution >= 0.6 is 11.6 Å². The van der Waals surface area contributed by atoms with E-state index in [1.54, 1.807) is 18.2 Å². The molecule has 5 aromatic rings. The Hall–Kier alpha value is -4.29. The van der Waals surface area contributed by atoms with Gasteiger partial charge in [0.2, 0.25) is 0 Å². The van der Waals surface area contributed by atoms with Crippen LogP contribution in [0.25, 0.3) is 27.7 Å². The van der Waals surface area contributed by atoms with Crippen molar-refractivity contribution in [2.45, 2.75) is 19.5 Å². The Bertz CT molecular complexity index is 1780. The molecule has 0 N–H and O–H groups in total. The monoisotopic (exact) mass is 600 g/mol. The summed E-state index contributed by atoms with van der Waals surface area (Å²) in [4.78, 5) is 4.85. The Balaban J connectivity index is 1.27. The number of fused-ring (bicyclic) bond motifs is 1. The molecule has 1 aliphatic rings. The summed E-state index contributed by atoms with van der Waals surface area (Å²) in [5, 5.41) is 11.2. The molecule has 0 bridgehead atoms. The van der Waals surface area contributed by atoms with Crippen LogP contribution in [0.4, 0.5) is 13.2 Å². The number of nitriles is 1. The zero-order chi connectivity index (χ0) is 30.0. The van der Waals surface area contributed by atoms with E-state index in [-0.39, 0.29) is 5.75 Å². The van der Waals surface area contributed by atoms with Crippen LogP contribution < -0.4 is 4.74 Å². The summed E-state index contributed by atoms with van der Waals surface area (Å²) >= 11 is 6.37. The van der Waals surface area contributed by atoms with E-state index < -0.39 is 6.36 Å². The van der Waals surface area contributed by atoms with E-state index in [2.05, 4.69) is 44.9 Å². The third kappa shape index (κ3) is 6.70. The van der Waals surface area contributed by atoms with E-state index in [1.807, 2.05) is 47.2 Å². The van der Waals surface area contributed by atoms with Gasteiger partial charge in [0.1, 0.15) is 5.75 Å². The molecule has 0 saturated carbocycles. The first-order valence-electron chi connectivity index (χ1n) is 13.9. The summed E-state index contributed by atoms with van der Waals surface area (Å²) in [6.07, 6.45) is -2.78. The van der Waals surface area contributed by atoms with Crippen molar-refractivity contribution in [3.05, 3.63) is 119 Å². The Morgan fingerprint density at radius 1 is 0.814 bits per heavy atom. The first-order chi connectivity index (χ1) is 20.8. The van der Waals surface area contributed by atoms with Crippen molar-refractivity contribution in [2.24, 2.45) is 0 Å². The molecule has 0 amide bonds. The average molecular weight is 601 g/mol. The second kappa shape index (κ2) is 12.1. The molecule has 5 nitrogen and oxygen atoms in total. The van der Waals surface area contributed by atoms with Gasteiger partial charge in [-0.1, -0.05) is 54.1 Å². The fraction of sp³-hybridized carbons (Fsp3) is 0.206. The number of hydrogen-bond acceptors (Lipinski definition) is 4. The van der Waals surface area contributed by atoms with E-state index in [0.29, 0.717) is 5.56 Å². The zero-order valence-electron chi connectivity index (χ0n) is 23.2. The van der Waals surface area contributed by atoms with Crippen molar-refractivity contribution in [1.82, 2.24) is 14.4 Å².